The van der Waals surface area contributed by atoms with Gasteiger partial charge in [-0.15, -0.1) is 0 Å². The summed E-state index contributed by atoms with van der Waals surface area (Å²) in [5.74, 6) is 0.217. The fourth-order valence-electron chi connectivity index (χ4n) is 3.78. The monoisotopic (exact) mass is 282 g/mol. The van der Waals surface area contributed by atoms with Crippen molar-refractivity contribution in [3.63, 3.8) is 0 Å². The summed E-state index contributed by atoms with van der Waals surface area (Å²) in [6, 6.07) is 0.422. The Kier molecular flexibility index (Phi) is 4.82. The Balaban J connectivity index is 2.19. The van der Waals surface area contributed by atoms with Crippen molar-refractivity contribution in [2.75, 3.05) is 6.54 Å². The lowest BCUT2D eigenvalue weighted by atomic mass is 9.72. The van der Waals surface area contributed by atoms with Gasteiger partial charge >= 0.3 is 0 Å². The molecule has 2 aliphatic carbocycles. The standard InChI is InChI=1S/C15H26N2OS/c1-2-17(12-8-4-5-9-12)14(18)15(13(16)19)10-6-3-7-11-15/h12H,2-11H2,1H3,(H2,16,19). The third kappa shape index (κ3) is 2.78. The van der Waals surface area contributed by atoms with E-state index < -0.39 is 5.41 Å². The van der Waals surface area contributed by atoms with Crippen LogP contribution in [-0.4, -0.2) is 28.4 Å². The van der Waals surface area contributed by atoms with Gasteiger partial charge < -0.3 is 10.6 Å². The van der Waals surface area contributed by atoms with Crippen LogP contribution in [0.5, 0.6) is 0 Å². The van der Waals surface area contributed by atoms with Crippen molar-refractivity contribution in [1.82, 2.24) is 4.90 Å². The van der Waals surface area contributed by atoms with E-state index in [9.17, 15) is 4.79 Å². The first kappa shape index (κ1) is 14.8. The molecule has 2 fully saturated rings. The van der Waals surface area contributed by atoms with Gasteiger partial charge in [0.15, 0.2) is 0 Å². The second kappa shape index (κ2) is 6.21. The van der Waals surface area contributed by atoms with Crippen LogP contribution in [-0.2, 0) is 4.79 Å². The molecule has 4 heteroatoms. The van der Waals surface area contributed by atoms with Crippen molar-refractivity contribution in [2.24, 2.45) is 11.1 Å². The number of carbonyl (C=O) groups excluding carboxylic acids is 1. The highest BCUT2D eigenvalue weighted by molar-refractivity contribution is 7.80. The maximum atomic E-state index is 13.0. The van der Waals surface area contributed by atoms with Crippen molar-refractivity contribution < 1.29 is 4.79 Å². The molecule has 3 nitrogen and oxygen atoms in total. The van der Waals surface area contributed by atoms with E-state index in [2.05, 4.69) is 11.8 Å². The summed E-state index contributed by atoms with van der Waals surface area (Å²) >= 11 is 5.28. The normalized spacial score (nSPS) is 23.2. The number of thiocarbonyl (C=S) groups is 1. The number of carbonyl (C=O) groups is 1. The topological polar surface area (TPSA) is 46.3 Å². The van der Waals surface area contributed by atoms with E-state index in [0.717, 1.165) is 45.1 Å². The average Bonchev–Trinajstić information content (AvgIpc) is 2.94. The second-order valence-electron chi connectivity index (χ2n) is 6.04. The Morgan fingerprint density at radius 2 is 1.79 bits per heavy atom. The summed E-state index contributed by atoms with van der Waals surface area (Å²) < 4.78 is 0. The number of hydrogen-bond donors (Lipinski definition) is 1. The lowest BCUT2D eigenvalue weighted by Gasteiger charge is -2.41. The lowest BCUT2D eigenvalue weighted by molar-refractivity contribution is -0.141. The molecule has 0 saturated heterocycles. The highest BCUT2D eigenvalue weighted by Crippen LogP contribution is 2.40. The van der Waals surface area contributed by atoms with Crippen LogP contribution in [0.1, 0.15) is 64.7 Å². The Morgan fingerprint density at radius 3 is 2.26 bits per heavy atom. The fraction of sp³-hybridized carbons (Fsp3) is 0.867. The quantitative estimate of drug-likeness (QED) is 0.806. The largest absolute Gasteiger partial charge is 0.392 e. The number of nitrogens with zero attached hydrogens (tertiary/aromatic N) is 1. The summed E-state index contributed by atoms with van der Waals surface area (Å²) in [5.41, 5.74) is 5.44. The zero-order valence-corrected chi connectivity index (χ0v) is 12.8. The molecule has 2 aliphatic rings. The highest BCUT2D eigenvalue weighted by Gasteiger charge is 2.45. The summed E-state index contributed by atoms with van der Waals surface area (Å²) in [5, 5.41) is 0. The van der Waals surface area contributed by atoms with Gasteiger partial charge in [0, 0.05) is 12.6 Å². The highest BCUT2D eigenvalue weighted by atomic mass is 32.1. The van der Waals surface area contributed by atoms with E-state index >= 15 is 0 Å². The molecule has 2 rings (SSSR count). The zero-order valence-electron chi connectivity index (χ0n) is 12.0. The van der Waals surface area contributed by atoms with Crippen molar-refractivity contribution in [1.29, 1.82) is 0 Å². The molecular formula is C15H26N2OS. The molecular weight excluding hydrogens is 256 g/mol. The van der Waals surface area contributed by atoms with Gasteiger partial charge in [-0.1, -0.05) is 44.3 Å². The van der Waals surface area contributed by atoms with Crippen LogP contribution < -0.4 is 5.73 Å². The van der Waals surface area contributed by atoms with Crippen LogP contribution in [0, 0.1) is 5.41 Å². The van der Waals surface area contributed by atoms with Crippen LogP contribution in [0.2, 0.25) is 0 Å². The van der Waals surface area contributed by atoms with Crippen molar-refractivity contribution in [3.8, 4) is 0 Å². The number of amides is 1. The molecule has 2 saturated carbocycles. The molecule has 0 unspecified atom stereocenters. The molecule has 0 heterocycles. The van der Waals surface area contributed by atoms with Crippen LogP contribution in [0.15, 0.2) is 0 Å². The third-order valence-corrected chi connectivity index (χ3v) is 5.35. The predicted molar refractivity (Wildman–Crippen MR) is 81.9 cm³/mol. The Labute approximate surface area is 121 Å². The molecule has 108 valence electrons. The van der Waals surface area contributed by atoms with Crippen LogP contribution in [0.3, 0.4) is 0 Å². The number of hydrogen-bond acceptors (Lipinski definition) is 2. The summed E-state index contributed by atoms with van der Waals surface area (Å²) in [6.07, 6.45) is 9.83. The smallest absolute Gasteiger partial charge is 0.235 e. The molecule has 0 aliphatic heterocycles. The summed E-state index contributed by atoms with van der Waals surface area (Å²) in [7, 11) is 0. The molecule has 2 N–H and O–H groups in total. The Hall–Kier alpha value is -0.640. The molecule has 0 spiro atoms. The summed E-state index contributed by atoms with van der Waals surface area (Å²) in [4.78, 5) is 15.5. The van der Waals surface area contributed by atoms with Gasteiger partial charge in [-0.3, -0.25) is 4.79 Å². The first-order valence-electron chi connectivity index (χ1n) is 7.73. The third-order valence-electron chi connectivity index (χ3n) is 4.96. The van der Waals surface area contributed by atoms with E-state index in [1.807, 2.05) is 0 Å². The first-order chi connectivity index (χ1) is 9.12. The minimum atomic E-state index is -0.536. The maximum absolute atomic E-state index is 13.0. The molecule has 0 aromatic heterocycles. The van der Waals surface area contributed by atoms with Crippen molar-refractivity contribution in [3.05, 3.63) is 0 Å². The summed E-state index contributed by atoms with van der Waals surface area (Å²) in [6.45, 7) is 2.86. The fourth-order valence-corrected chi connectivity index (χ4v) is 4.07. The van der Waals surface area contributed by atoms with E-state index in [1.54, 1.807) is 0 Å². The van der Waals surface area contributed by atoms with Gasteiger partial charge in [0.05, 0.1) is 10.4 Å². The van der Waals surface area contributed by atoms with Gasteiger partial charge in [-0.2, -0.15) is 0 Å². The number of rotatable bonds is 4. The van der Waals surface area contributed by atoms with Gasteiger partial charge in [0.25, 0.3) is 0 Å². The lowest BCUT2D eigenvalue weighted by Crippen LogP contribution is -2.54. The zero-order chi connectivity index (χ0) is 13.9. The molecule has 0 aromatic carbocycles. The molecule has 1 amide bonds. The number of nitrogens with two attached hydrogens (primary N) is 1. The van der Waals surface area contributed by atoms with Crippen LogP contribution in [0.4, 0.5) is 0 Å². The molecule has 19 heavy (non-hydrogen) atoms. The van der Waals surface area contributed by atoms with E-state index in [0.29, 0.717) is 11.0 Å². The Bertz CT molecular complexity index is 344. The van der Waals surface area contributed by atoms with Gasteiger partial charge in [-0.05, 0) is 32.6 Å². The molecule has 0 radical (unpaired) electrons. The van der Waals surface area contributed by atoms with Gasteiger partial charge in [-0.25, -0.2) is 0 Å². The molecule has 0 aromatic rings. The SMILES string of the molecule is CCN(C(=O)C1(C(N)=S)CCCCC1)C1CCCC1. The van der Waals surface area contributed by atoms with Gasteiger partial charge in [0.2, 0.25) is 5.91 Å². The van der Waals surface area contributed by atoms with Crippen molar-refractivity contribution in [2.45, 2.75) is 70.8 Å². The first-order valence-corrected chi connectivity index (χ1v) is 8.13. The average molecular weight is 282 g/mol. The van der Waals surface area contributed by atoms with E-state index in [-0.39, 0.29) is 5.91 Å². The minimum Gasteiger partial charge on any atom is -0.392 e. The van der Waals surface area contributed by atoms with Gasteiger partial charge in [0.1, 0.15) is 0 Å². The van der Waals surface area contributed by atoms with E-state index in [1.165, 1.54) is 19.3 Å². The molecule has 0 bridgehead atoms. The maximum Gasteiger partial charge on any atom is 0.235 e. The van der Waals surface area contributed by atoms with E-state index in [4.69, 9.17) is 18.0 Å². The Morgan fingerprint density at radius 1 is 1.21 bits per heavy atom. The minimum absolute atomic E-state index is 0.217. The molecule has 0 atom stereocenters. The van der Waals surface area contributed by atoms with Crippen LogP contribution >= 0.6 is 12.2 Å². The predicted octanol–water partition coefficient (Wildman–Crippen LogP) is 3.01. The van der Waals surface area contributed by atoms with Crippen molar-refractivity contribution >= 4 is 23.1 Å². The van der Waals surface area contributed by atoms with Crippen LogP contribution in [0.25, 0.3) is 0 Å². The second-order valence-corrected chi connectivity index (χ2v) is 6.48.